The van der Waals surface area contributed by atoms with E-state index in [0.717, 1.165) is 25.7 Å². The average molecular weight is 560 g/mol. The van der Waals surface area contributed by atoms with Crippen molar-refractivity contribution in [2.75, 3.05) is 30.2 Å². The zero-order chi connectivity index (χ0) is 27.3. The van der Waals surface area contributed by atoms with Crippen LogP contribution in [0, 0.1) is 6.92 Å². The lowest BCUT2D eigenvalue weighted by atomic mass is 10.2. The highest BCUT2D eigenvalue weighted by Gasteiger charge is 2.27. The molecule has 3 aromatic rings. The fourth-order valence-electron chi connectivity index (χ4n) is 4.05. The minimum atomic E-state index is -3.95. The number of nitrogens with one attached hydrogen (secondary N) is 2. The van der Waals surface area contributed by atoms with Gasteiger partial charge in [0.15, 0.2) is 0 Å². The maximum atomic E-state index is 13.2. The number of aryl methyl sites for hydroxylation is 1. The van der Waals surface area contributed by atoms with Crippen molar-refractivity contribution in [2.24, 2.45) is 0 Å². The van der Waals surface area contributed by atoms with Gasteiger partial charge in [0, 0.05) is 30.7 Å². The molecule has 0 spiro atoms. The first-order valence-electron chi connectivity index (χ1n) is 12.0. The molecule has 0 aliphatic carbocycles. The van der Waals surface area contributed by atoms with Gasteiger partial charge in [-0.05, 0) is 68.3 Å². The molecular weight excluding hydrogens is 530 g/mol. The van der Waals surface area contributed by atoms with Crippen LogP contribution in [0.4, 0.5) is 11.6 Å². The largest absolute Gasteiger partial charge is 0.496 e. The van der Waals surface area contributed by atoms with Crippen molar-refractivity contribution in [3.8, 4) is 5.75 Å². The average Bonchev–Trinajstić information content (AvgIpc) is 3.19. The Balaban J connectivity index is 1.53. The molecule has 1 saturated heterocycles. The summed E-state index contributed by atoms with van der Waals surface area (Å²) in [5, 5.41) is 2.67. The number of carbonyl (C=O) groups is 1. The molecule has 38 heavy (non-hydrogen) atoms. The second kappa shape index (κ2) is 11.5. The number of methoxy groups -OCH3 is 1. The Kier molecular flexibility index (Phi) is 8.29. The van der Waals surface area contributed by atoms with Crippen LogP contribution in [0.25, 0.3) is 0 Å². The summed E-state index contributed by atoms with van der Waals surface area (Å²) < 4.78 is 60.9. The molecule has 202 valence electrons. The molecule has 1 fully saturated rings. The maximum absolute atomic E-state index is 13.2. The summed E-state index contributed by atoms with van der Waals surface area (Å²) in [5.41, 5.74) is 0.955. The van der Waals surface area contributed by atoms with E-state index in [0.29, 0.717) is 24.5 Å². The van der Waals surface area contributed by atoms with Crippen LogP contribution in [-0.2, 0) is 20.0 Å². The van der Waals surface area contributed by atoms with Gasteiger partial charge in [-0.2, -0.15) is 4.31 Å². The molecule has 0 atom stereocenters. The van der Waals surface area contributed by atoms with E-state index < -0.39 is 26.0 Å². The van der Waals surface area contributed by atoms with Gasteiger partial charge in [-0.1, -0.05) is 12.8 Å². The second-order valence-corrected chi connectivity index (χ2v) is 12.4. The number of hydrogen-bond donors (Lipinski definition) is 2. The Hall–Kier alpha value is -3.55. The lowest BCUT2D eigenvalue weighted by Crippen LogP contribution is -2.32. The first kappa shape index (κ1) is 27.5. The molecule has 0 radical (unpaired) electrons. The molecule has 1 amide bonds. The lowest BCUT2D eigenvalue weighted by Gasteiger charge is -2.20. The van der Waals surface area contributed by atoms with Crippen LogP contribution in [0.1, 0.15) is 41.7 Å². The Morgan fingerprint density at radius 1 is 0.921 bits per heavy atom. The molecule has 1 aliphatic rings. The summed E-state index contributed by atoms with van der Waals surface area (Å²) in [6.07, 6.45) is 5.00. The quantitative estimate of drug-likeness (QED) is 0.427. The van der Waals surface area contributed by atoms with Crippen LogP contribution >= 0.6 is 0 Å². The predicted octanol–water partition coefficient (Wildman–Crippen LogP) is 3.41. The number of benzene rings is 2. The van der Waals surface area contributed by atoms with Crippen LogP contribution in [0.3, 0.4) is 0 Å². The number of amides is 1. The normalized spacial score (nSPS) is 14.9. The number of hydrogen-bond acceptors (Lipinski definition) is 8. The fraction of sp³-hybridized carbons (Fsp3) is 0.320. The summed E-state index contributed by atoms with van der Waals surface area (Å²) in [5.74, 6) is -0.444. The van der Waals surface area contributed by atoms with Gasteiger partial charge in [-0.3, -0.25) is 4.79 Å². The van der Waals surface area contributed by atoms with E-state index in [-0.39, 0.29) is 27.1 Å². The summed E-state index contributed by atoms with van der Waals surface area (Å²) in [6.45, 7) is 2.60. The van der Waals surface area contributed by atoms with Gasteiger partial charge in [0.2, 0.25) is 16.0 Å². The Morgan fingerprint density at radius 2 is 1.58 bits per heavy atom. The van der Waals surface area contributed by atoms with Crippen molar-refractivity contribution in [3.63, 3.8) is 0 Å². The third-order valence-corrected chi connectivity index (χ3v) is 9.30. The third kappa shape index (κ3) is 6.29. The number of carbonyl (C=O) groups excluding carboxylic acids is 1. The van der Waals surface area contributed by atoms with Gasteiger partial charge in [-0.25, -0.2) is 31.5 Å². The van der Waals surface area contributed by atoms with E-state index >= 15 is 0 Å². The number of nitrogens with zero attached hydrogens (tertiary/aromatic N) is 3. The van der Waals surface area contributed by atoms with Crippen LogP contribution in [0.2, 0.25) is 0 Å². The van der Waals surface area contributed by atoms with E-state index in [9.17, 15) is 21.6 Å². The maximum Gasteiger partial charge on any atom is 0.264 e. The molecule has 0 unspecified atom stereocenters. The molecule has 1 aromatic heterocycles. The van der Waals surface area contributed by atoms with Crippen molar-refractivity contribution in [2.45, 2.75) is 42.4 Å². The highest BCUT2D eigenvalue weighted by Crippen LogP contribution is 2.27. The molecule has 13 heteroatoms. The Bertz CT molecular complexity index is 1520. The van der Waals surface area contributed by atoms with E-state index in [1.54, 1.807) is 13.0 Å². The van der Waals surface area contributed by atoms with Crippen LogP contribution in [-0.4, -0.2) is 57.2 Å². The first-order valence-corrected chi connectivity index (χ1v) is 14.9. The molecular formula is C25H29N5O6S2. The topological polar surface area (TPSA) is 148 Å². The van der Waals surface area contributed by atoms with Crippen LogP contribution in [0.5, 0.6) is 5.75 Å². The summed E-state index contributed by atoms with van der Waals surface area (Å²) in [6, 6.07) is 11.3. The van der Waals surface area contributed by atoms with Crippen molar-refractivity contribution < 1.29 is 26.4 Å². The van der Waals surface area contributed by atoms with Crippen molar-refractivity contribution >= 4 is 37.6 Å². The minimum absolute atomic E-state index is 0.0104. The molecule has 0 bridgehead atoms. The molecule has 4 rings (SSSR count). The summed E-state index contributed by atoms with van der Waals surface area (Å²) in [4.78, 5) is 21.0. The van der Waals surface area contributed by atoms with E-state index in [2.05, 4.69) is 20.0 Å². The number of rotatable bonds is 8. The predicted molar refractivity (Wildman–Crippen MR) is 142 cm³/mol. The monoisotopic (exact) mass is 559 g/mol. The van der Waals surface area contributed by atoms with Gasteiger partial charge in [-0.15, -0.1) is 0 Å². The third-order valence-electron chi connectivity index (χ3n) is 6.06. The lowest BCUT2D eigenvalue weighted by molar-refractivity contribution is 0.102. The van der Waals surface area contributed by atoms with Gasteiger partial charge in [0.1, 0.15) is 5.75 Å². The number of sulfonamides is 2. The highest BCUT2D eigenvalue weighted by atomic mass is 32.2. The number of aromatic nitrogens is 2. The molecule has 2 heterocycles. The van der Waals surface area contributed by atoms with E-state index in [1.807, 2.05) is 0 Å². The summed E-state index contributed by atoms with van der Waals surface area (Å²) >= 11 is 0. The SMILES string of the molecule is COc1ccc(S(=O)(=O)N2CCCCCC2)cc1C(=O)Nc1ccc(S(=O)(=O)Nc2nccc(C)n2)cc1. The van der Waals surface area contributed by atoms with Crippen molar-refractivity contribution in [1.82, 2.24) is 14.3 Å². The van der Waals surface area contributed by atoms with Gasteiger partial charge < -0.3 is 10.1 Å². The Morgan fingerprint density at radius 3 is 2.21 bits per heavy atom. The molecule has 0 saturated carbocycles. The van der Waals surface area contributed by atoms with E-state index in [4.69, 9.17) is 4.74 Å². The molecule has 1 aliphatic heterocycles. The van der Waals surface area contributed by atoms with Crippen molar-refractivity contribution in [3.05, 3.63) is 66.0 Å². The standard InChI is InChI=1S/C25H29N5O6S2/c1-18-13-14-26-25(27-18)29-37(32,33)20-9-7-19(8-10-20)28-24(31)22-17-21(11-12-23(22)36-2)38(34,35)30-15-5-3-4-6-16-30/h7-14,17H,3-6,15-16H2,1-2H3,(H,28,31)(H,26,27,29). The van der Waals surface area contributed by atoms with Crippen LogP contribution < -0.4 is 14.8 Å². The number of ether oxygens (including phenoxy) is 1. The van der Waals surface area contributed by atoms with Crippen molar-refractivity contribution in [1.29, 1.82) is 0 Å². The number of anilines is 2. The first-order chi connectivity index (χ1) is 18.1. The highest BCUT2D eigenvalue weighted by molar-refractivity contribution is 7.92. The molecule has 2 aromatic carbocycles. The second-order valence-electron chi connectivity index (χ2n) is 8.79. The zero-order valence-corrected chi connectivity index (χ0v) is 22.7. The zero-order valence-electron chi connectivity index (χ0n) is 21.0. The molecule has 11 nitrogen and oxygen atoms in total. The smallest absolute Gasteiger partial charge is 0.264 e. The fourth-order valence-corrected chi connectivity index (χ4v) is 6.54. The van der Waals surface area contributed by atoms with E-state index in [1.165, 1.54) is 60.1 Å². The Labute approximate surface area is 222 Å². The van der Waals surface area contributed by atoms with Gasteiger partial charge in [0.05, 0.1) is 22.5 Å². The molecule has 2 N–H and O–H groups in total. The van der Waals surface area contributed by atoms with Crippen LogP contribution in [0.15, 0.2) is 64.5 Å². The summed E-state index contributed by atoms with van der Waals surface area (Å²) in [7, 11) is -6.34. The van der Waals surface area contributed by atoms with Gasteiger partial charge in [0.25, 0.3) is 15.9 Å². The minimum Gasteiger partial charge on any atom is -0.496 e. The van der Waals surface area contributed by atoms with Gasteiger partial charge >= 0.3 is 0 Å².